The maximum Gasteiger partial charge on any atom is 0.224 e. The highest BCUT2D eigenvalue weighted by Crippen LogP contribution is 1.99. The Labute approximate surface area is 78.1 Å². The van der Waals surface area contributed by atoms with E-state index >= 15 is 0 Å². The number of rotatable bonds is 5. The summed E-state index contributed by atoms with van der Waals surface area (Å²) in [5.41, 5.74) is 0. The number of amides is 1. The largest absolute Gasteiger partial charge is 0.394 e. The van der Waals surface area contributed by atoms with Crippen molar-refractivity contribution in [3.8, 4) is 0 Å². The third-order valence-corrected chi connectivity index (χ3v) is 2.20. The van der Waals surface area contributed by atoms with Crippen molar-refractivity contribution in [2.45, 2.75) is 26.3 Å². The summed E-state index contributed by atoms with van der Waals surface area (Å²) < 4.78 is 0. The van der Waals surface area contributed by atoms with Crippen molar-refractivity contribution in [2.75, 3.05) is 12.5 Å². The van der Waals surface area contributed by atoms with Crippen molar-refractivity contribution in [3.05, 3.63) is 0 Å². The quantitative estimate of drug-likeness (QED) is 0.634. The Balaban J connectivity index is 3.81. The maximum atomic E-state index is 11.2. The van der Waals surface area contributed by atoms with Crippen LogP contribution < -0.4 is 5.32 Å². The number of hydrogen-bond acceptors (Lipinski definition) is 2. The first-order valence-electron chi connectivity index (χ1n) is 4.12. The fourth-order valence-electron chi connectivity index (χ4n) is 0.690. The second-order valence-electron chi connectivity index (χ2n) is 2.85. The molecule has 0 saturated carbocycles. The summed E-state index contributed by atoms with van der Waals surface area (Å²) in [5, 5.41) is 11.5. The van der Waals surface area contributed by atoms with Gasteiger partial charge in [-0.1, -0.05) is 13.8 Å². The van der Waals surface area contributed by atoms with E-state index in [4.69, 9.17) is 16.7 Å². The van der Waals surface area contributed by atoms with Gasteiger partial charge >= 0.3 is 0 Å². The van der Waals surface area contributed by atoms with Crippen molar-refractivity contribution in [3.63, 3.8) is 0 Å². The number of carbonyl (C=O) groups excluding carboxylic acids is 1. The van der Waals surface area contributed by atoms with Gasteiger partial charge in [0.05, 0.1) is 12.6 Å². The van der Waals surface area contributed by atoms with Crippen LogP contribution in [0.1, 0.15) is 20.3 Å². The van der Waals surface area contributed by atoms with Crippen LogP contribution in [-0.2, 0) is 4.79 Å². The van der Waals surface area contributed by atoms with Crippen molar-refractivity contribution in [1.82, 2.24) is 5.32 Å². The Morgan fingerprint density at radius 1 is 1.67 bits per heavy atom. The summed E-state index contributed by atoms with van der Waals surface area (Å²) in [4.78, 5) is 11.2. The third-order valence-electron chi connectivity index (χ3n) is 1.74. The molecule has 1 amide bonds. The standard InChI is InChI=1S/C8H16ClNO2/c1-3-7(5-11)10-8(12)6(2)4-9/h6-7,11H,3-5H2,1-2H3,(H,10,12). The topological polar surface area (TPSA) is 49.3 Å². The molecule has 0 saturated heterocycles. The van der Waals surface area contributed by atoms with Gasteiger partial charge in [-0.2, -0.15) is 0 Å². The first-order chi connectivity index (χ1) is 5.65. The minimum absolute atomic E-state index is 0.0166. The minimum Gasteiger partial charge on any atom is -0.394 e. The number of carbonyl (C=O) groups is 1. The number of aliphatic hydroxyl groups is 1. The molecule has 3 nitrogen and oxygen atoms in total. The second kappa shape index (κ2) is 6.26. The molecular weight excluding hydrogens is 178 g/mol. The van der Waals surface area contributed by atoms with E-state index in [0.29, 0.717) is 5.88 Å². The lowest BCUT2D eigenvalue weighted by Crippen LogP contribution is -2.40. The molecule has 12 heavy (non-hydrogen) atoms. The molecule has 0 aliphatic rings. The average Bonchev–Trinajstić information content (AvgIpc) is 2.12. The van der Waals surface area contributed by atoms with Crippen LogP contribution in [0.25, 0.3) is 0 Å². The maximum absolute atomic E-state index is 11.2. The first-order valence-corrected chi connectivity index (χ1v) is 4.66. The van der Waals surface area contributed by atoms with E-state index in [1.807, 2.05) is 6.92 Å². The summed E-state index contributed by atoms with van der Waals surface area (Å²) >= 11 is 5.49. The summed E-state index contributed by atoms with van der Waals surface area (Å²) in [5.74, 6) is 0.0337. The van der Waals surface area contributed by atoms with Crippen molar-refractivity contribution < 1.29 is 9.90 Å². The number of alkyl halides is 1. The highest BCUT2D eigenvalue weighted by molar-refractivity contribution is 6.19. The molecule has 0 aromatic rings. The normalized spacial score (nSPS) is 15.3. The van der Waals surface area contributed by atoms with Gasteiger partial charge in [-0.15, -0.1) is 11.6 Å². The lowest BCUT2D eigenvalue weighted by atomic mass is 10.1. The molecule has 2 N–H and O–H groups in total. The van der Waals surface area contributed by atoms with E-state index in [1.54, 1.807) is 6.92 Å². The van der Waals surface area contributed by atoms with Crippen LogP contribution in [-0.4, -0.2) is 29.5 Å². The van der Waals surface area contributed by atoms with Crippen molar-refractivity contribution in [2.24, 2.45) is 5.92 Å². The van der Waals surface area contributed by atoms with Crippen molar-refractivity contribution >= 4 is 17.5 Å². The van der Waals surface area contributed by atoms with Gasteiger partial charge in [-0.3, -0.25) is 4.79 Å². The van der Waals surface area contributed by atoms with Crippen LogP contribution in [0.4, 0.5) is 0 Å². The van der Waals surface area contributed by atoms with Gasteiger partial charge in [-0.25, -0.2) is 0 Å². The van der Waals surface area contributed by atoms with E-state index in [1.165, 1.54) is 0 Å². The molecule has 72 valence electrons. The first kappa shape index (κ1) is 11.7. The van der Waals surface area contributed by atoms with Crippen LogP contribution in [0.15, 0.2) is 0 Å². The summed E-state index contributed by atoms with van der Waals surface area (Å²) in [7, 11) is 0. The molecular formula is C8H16ClNO2. The predicted octanol–water partition coefficient (Wildman–Crippen LogP) is 0.748. The van der Waals surface area contributed by atoms with E-state index in [2.05, 4.69) is 5.32 Å². The lowest BCUT2D eigenvalue weighted by Gasteiger charge is -2.16. The van der Waals surface area contributed by atoms with Crippen LogP contribution in [0.5, 0.6) is 0 Å². The van der Waals surface area contributed by atoms with Crippen LogP contribution >= 0.6 is 11.6 Å². The minimum atomic E-state index is -0.188. The molecule has 0 aliphatic heterocycles. The lowest BCUT2D eigenvalue weighted by molar-refractivity contribution is -0.124. The molecule has 0 rings (SSSR count). The van der Waals surface area contributed by atoms with Crippen LogP contribution in [0.3, 0.4) is 0 Å². The number of hydrogen-bond donors (Lipinski definition) is 2. The molecule has 0 spiro atoms. The molecule has 0 heterocycles. The van der Waals surface area contributed by atoms with Gasteiger partial charge in [0, 0.05) is 11.8 Å². The zero-order valence-corrected chi connectivity index (χ0v) is 8.27. The van der Waals surface area contributed by atoms with E-state index in [9.17, 15) is 4.79 Å². The predicted molar refractivity (Wildman–Crippen MR) is 49.2 cm³/mol. The summed E-state index contributed by atoms with van der Waals surface area (Å²) in [6.07, 6.45) is 0.733. The highest BCUT2D eigenvalue weighted by atomic mass is 35.5. The van der Waals surface area contributed by atoms with Crippen LogP contribution in [0.2, 0.25) is 0 Å². The highest BCUT2D eigenvalue weighted by Gasteiger charge is 2.14. The number of halogens is 1. The summed E-state index contributed by atoms with van der Waals surface area (Å²) in [6.45, 7) is 3.65. The fourth-order valence-corrected chi connectivity index (χ4v) is 0.830. The van der Waals surface area contributed by atoms with Gasteiger partial charge in [0.25, 0.3) is 0 Å². The number of aliphatic hydroxyl groups excluding tert-OH is 1. The van der Waals surface area contributed by atoms with Gasteiger partial charge in [0.15, 0.2) is 0 Å². The Morgan fingerprint density at radius 3 is 2.58 bits per heavy atom. The van der Waals surface area contributed by atoms with Gasteiger partial charge in [0.1, 0.15) is 0 Å². The third kappa shape index (κ3) is 3.93. The SMILES string of the molecule is CCC(CO)NC(=O)C(C)CCl. The Bertz CT molecular complexity index is 137. The molecule has 0 aliphatic carbocycles. The molecule has 2 unspecified atom stereocenters. The number of nitrogens with one attached hydrogen (secondary N) is 1. The average molecular weight is 194 g/mol. The summed E-state index contributed by atoms with van der Waals surface area (Å²) in [6, 6.07) is -0.136. The molecule has 0 bridgehead atoms. The van der Waals surface area contributed by atoms with E-state index < -0.39 is 0 Å². The Hall–Kier alpha value is -0.280. The van der Waals surface area contributed by atoms with Gasteiger partial charge < -0.3 is 10.4 Å². The van der Waals surface area contributed by atoms with Crippen molar-refractivity contribution in [1.29, 1.82) is 0 Å². The van der Waals surface area contributed by atoms with E-state index in [0.717, 1.165) is 6.42 Å². The Kier molecular flexibility index (Phi) is 6.11. The second-order valence-corrected chi connectivity index (χ2v) is 3.16. The molecule has 0 aromatic carbocycles. The van der Waals surface area contributed by atoms with Gasteiger partial charge in [0.2, 0.25) is 5.91 Å². The monoisotopic (exact) mass is 193 g/mol. The van der Waals surface area contributed by atoms with Gasteiger partial charge in [-0.05, 0) is 6.42 Å². The molecule has 4 heteroatoms. The molecule has 0 aromatic heterocycles. The molecule has 0 fully saturated rings. The molecule has 2 atom stereocenters. The Morgan fingerprint density at radius 2 is 2.25 bits per heavy atom. The zero-order chi connectivity index (χ0) is 9.56. The van der Waals surface area contributed by atoms with E-state index in [-0.39, 0.29) is 24.5 Å². The smallest absolute Gasteiger partial charge is 0.224 e. The van der Waals surface area contributed by atoms with Crippen LogP contribution in [0, 0.1) is 5.92 Å². The zero-order valence-electron chi connectivity index (χ0n) is 7.51. The molecule has 0 radical (unpaired) electrons. The fraction of sp³-hybridized carbons (Fsp3) is 0.875.